The molecule has 0 aliphatic heterocycles. The van der Waals surface area contributed by atoms with Crippen LogP contribution >= 0.6 is 0 Å². The van der Waals surface area contributed by atoms with Crippen molar-refractivity contribution in [2.45, 2.75) is 6.92 Å². The van der Waals surface area contributed by atoms with Gasteiger partial charge in [0, 0.05) is 11.5 Å². The van der Waals surface area contributed by atoms with Gasteiger partial charge in [0.2, 0.25) is 11.6 Å². The van der Waals surface area contributed by atoms with Crippen LogP contribution in [0.4, 0.5) is 8.78 Å². The van der Waals surface area contributed by atoms with E-state index in [-0.39, 0.29) is 10.9 Å². The monoisotopic (exact) mass is 292 g/mol. The maximum Gasteiger partial charge on any atom is 0.446 e. The first-order valence-corrected chi connectivity index (χ1v) is 6.15. The van der Waals surface area contributed by atoms with E-state index in [0.717, 1.165) is 12.1 Å². The standard InChI is InChI=1S/C10H6F2O6S/c1-4-2-7(13)17-9-5(4)3-6(11)10(8(9)12)18-19(14,15)16/h2-3H,1H3,(H,14,15,16). The highest BCUT2D eigenvalue weighted by atomic mass is 32.3. The van der Waals surface area contributed by atoms with Crippen molar-refractivity contribution < 1.29 is 30.4 Å². The van der Waals surface area contributed by atoms with Crippen molar-refractivity contribution >= 4 is 21.4 Å². The zero-order valence-corrected chi connectivity index (χ0v) is 10.1. The van der Waals surface area contributed by atoms with Gasteiger partial charge in [0.25, 0.3) is 0 Å². The number of fused-ring (bicyclic) bond motifs is 1. The Bertz CT molecular complexity index is 824. The van der Waals surface area contributed by atoms with E-state index < -0.39 is 39.0 Å². The highest BCUT2D eigenvalue weighted by molar-refractivity contribution is 7.81. The van der Waals surface area contributed by atoms with Crippen molar-refractivity contribution in [3.63, 3.8) is 0 Å². The van der Waals surface area contributed by atoms with Crippen molar-refractivity contribution in [3.8, 4) is 5.75 Å². The van der Waals surface area contributed by atoms with Crippen LogP contribution in [0.5, 0.6) is 5.75 Å². The van der Waals surface area contributed by atoms with E-state index in [1.807, 2.05) is 0 Å². The highest BCUT2D eigenvalue weighted by Gasteiger charge is 2.22. The lowest BCUT2D eigenvalue weighted by molar-refractivity contribution is 0.363. The molecule has 6 nitrogen and oxygen atoms in total. The third kappa shape index (κ3) is 2.56. The van der Waals surface area contributed by atoms with Gasteiger partial charge in [-0.3, -0.25) is 4.55 Å². The van der Waals surface area contributed by atoms with Crippen molar-refractivity contribution in [2.75, 3.05) is 0 Å². The summed E-state index contributed by atoms with van der Waals surface area (Å²) >= 11 is 0. The summed E-state index contributed by atoms with van der Waals surface area (Å²) in [5, 5.41) is -0.0581. The first-order valence-electron chi connectivity index (χ1n) is 4.78. The summed E-state index contributed by atoms with van der Waals surface area (Å²) in [4.78, 5) is 11.1. The molecule has 0 aliphatic carbocycles. The van der Waals surface area contributed by atoms with Crippen molar-refractivity contribution in [3.05, 3.63) is 39.8 Å². The van der Waals surface area contributed by atoms with Gasteiger partial charge in [0.15, 0.2) is 11.4 Å². The maximum absolute atomic E-state index is 13.8. The maximum atomic E-state index is 13.8. The molecule has 0 fully saturated rings. The molecule has 0 unspecified atom stereocenters. The summed E-state index contributed by atoms with van der Waals surface area (Å²) in [6.07, 6.45) is 0. The van der Waals surface area contributed by atoms with Gasteiger partial charge in [-0.05, 0) is 18.6 Å². The molecular formula is C10H6F2O6S. The van der Waals surface area contributed by atoms with Crippen LogP contribution in [0.25, 0.3) is 11.0 Å². The molecule has 1 N–H and O–H groups in total. The van der Waals surface area contributed by atoms with Gasteiger partial charge in [0.05, 0.1) is 0 Å². The predicted octanol–water partition coefficient (Wildman–Crippen LogP) is 1.56. The fourth-order valence-corrected chi connectivity index (χ4v) is 1.91. The van der Waals surface area contributed by atoms with E-state index in [1.165, 1.54) is 6.92 Å². The number of rotatable bonds is 2. The van der Waals surface area contributed by atoms with Crippen LogP contribution in [0.2, 0.25) is 0 Å². The quantitative estimate of drug-likeness (QED) is 0.667. The molecule has 0 bridgehead atoms. The van der Waals surface area contributed by atoms with Crippen LogP contribution in [-0.4, -0.2) is 13.0 Å². The van der Waals surface area contributed by atoms with Crippen LogP contribution in [0.15, 0.2) is 21.3 Å². The summed E-state index contributed by atoms with van der Waals surface area (Å²) in [6, 6.07) is 1.75. The Balaban J connectivity index is 2.85. The molecule has 2 aromatic rings. The zero-order chi connectivity index (χ0) is 14.4. The topological polar surface area (TPSA) is 93.8 Å². The molecule has 2 rings (SSSR count). The molecule has 1 aromatic heterocycles. The molecule has 0 saturated carbocycles. The number of hydrogen-bond acceptors (Lipinski definition) is 5. The SMILES string of the molecule is Cc1cc(=O)oc2c(F)c(OS(=O)(=O)O)c(F)cc12. The van der Waals surface area contributed by atoms with Gasteiger partial charge in [-0.2, -0.15) is 12.8 Å². The molecule has 0 saturated heterocycles. The normalized spacial score (nSPS) is 11.8. The molecule has 19 heavy (non-hydrogen) atoms. The van der Waals surface area contributed by atoms with Crippen LogP contribution in [0, 0.1) is 18.6 Å². The van der Waals surface area contributed by atoms with E-state index in [0.29, 0.717) is 0 Å². The minimum atomic E-state index is -5.11. The van der Waals surface area contributed by atoms with Crippen molar-refractivity contribution in [2.24, 2.45) is 0 Å². The third-order valence-electron chi connectivity index (χ3n) is 2.28. The Morgan fingerprint density at radius 2 is 1.95 bits per heavy atom. The van der Waals surface area contributed by atoms with E-state index >= 15 is 0 Å². The van der Waals surface area contributed by atoms with Gasteiger partial charge in [-0.25, -0.2) is 9.18 Å². The first kappa shape index (κ1) is 13.4. The first-order chi connectivity index (χ1) is 8.69. The Morgan fingerprint density at radius 3 is 2.53 bits per heavy atom. The smallest absolute Gasteiger partial charge is 0.419 e. The zero-order valence-electron chi connectivity index (χ0n) is 9.31. The van der Waals surface area contributed by atoms with E-state index in [9.17, 15) is 22.0 Å². The lowest BCUT2D eigenvalue weighted by atomic mass is 10.1. The minimum absolute atomic E-state index is 0.0581. The Labute approximate surface area is 105 Å². The fraction of sp³-hybridized carbons (Fsp3) is 0.100. The van der Waals surface area contributed by atoms with Crippen molar-refractivity contribution in [1.82, 2.24) is 0 Å². The molecule has 0 aliphatic rings. The van der Waals surface area contributed by atoms with E-state index in [4.69, 9.17) is 4.55 Å². The highest BCUT2D eigenvalue weighted by Crippen LogP contribution is 2.31. The summed E-state index contributed by atoms with van der Waals surface area (Å²) in [6.45, 7) is 1.42. The van der Waals surface area contributed by atoms with Crippen LogP contribution < -0.4 is 9.81 Å². The molecular weight excluding hydrogens is 286 g/mol. The van der Waals surface area contributed by atoms with Gasteiger partial charge in [0.1, 0.15) is 0 Å². The molecule has 0 spiro atoms. The Hall–Kier alpha value is -2.00. The summed E-state index contributed by atoms with van der Waals surface area (Å²) in [5.74, 6) is -4.27. The molecule has 1 heterocycles. The Morgan fingerprint density at radius 1 is 1.32 bits per heavy atom. The fourth-order valence-electron chi connectivity index (χ4n) is 1.54. The second kappa shape index (κ2) is 4.28. The molecule has 102 valence electrons. The van der Waals surface area contributed by atoms with Crippen molar-refractivity contribution in [1.29, 1.82) is 0 Å². The molecule has 0 radical (unpaired) electrons. The summed E-state index contributed by atoms with van der Waals surface area (Å²) < 4.78 is 65.1. The number of benzene rings is 1. The Kier molecular flexibility index (Phi) is 3.03. The largest absolute Gasteiger partial charge is 0.446 e. The van der Waals surface area contributed by atoms with Gasteiger partial charge in [-0.15, -0.1) is 0 Å². The molecule has 0 amide bonds. The lowest BCUT2D eigenvalue weighted by Gasteiger charge is -2.07. The van der Waals surface area contributed by atoms with E-state index in [1.54, 1.807) is 0 Å². The summed E-state index contributed by atoms with van der Waals surface area (Å²) in [7, 11) is -5.11. The van der Waals surface area contributed by atoms with Gasteiger partial charge < -0.3 is 8.60 Å². The second-order valence-electron chi connectivity index (χ2n) is 3.64. The third-order valence-corrected chi connectivity index (χ3v) is 2.66. The number of aryl methyl sites for hydroxylation is 1. The van der Waals surface area contributed by atoms with Crippen LogP contribution in [0.3, 0.4) is 0 Å². The molecule has 9 heteroatoms. The summed E-state index contributed by atoms with van der Waals surface area (Å²) in [5.41, 5.74) is -1.32. The lowest BCUT2D eigenvalue weighted by Crippen LogP contribution is -2.10. The van der Waals surface area contributed by atoms with E-state index in [2.05, 4.69) is 8.60 Å². The van der Waals surface area contributed by atoms with Crippen LogP contribution in [-0.2, 0) is 10.4 Å². The van der Waals surface area contributed by atoms with Gasteiger partial charge in [-0.1, -0.05) is 0 Å². The minimum Gasteiger partial charge on any atom is -0.419 e. The molecule has 0 atom stereocenters. The number of hydrogen-bond donors (Lipinski definition) is 1. The second-order valence-corrected chi connectivity index (χ2v) is 4.66. The van der Waals surface area contributed by atoms with Crippen LogP contribution in [0.1, 0.15) is 5.56 Å². The molecule has 1 aromatic carbocycles. The average molecular weight is 292 g/mol. The average Bonchev–Trinajstić information content (AvgIpc) is 2.25. The predicted molar refractivity (Wildman–Crippen MR) is 59.3 cm³/mol. The number of halogens is 2. The van der Waals surface area contributed by atoms with Gasteiger partial charge >= 0.3 is 16.0 Å².